The van der Waals surface area contributed by atoms with Gasteiger partial charge in [-0.3, -0.25) is 9.59 Å². The molecule has 0 aliphatic rings. The van der Waals surface area contributed by atoms with Crippen LogP contribution in [0.25, 0.3) is 0 Å². The minimum absolute atomic E-state index is 0.00353. The highest BCUT2D eigenvalue weighted by atomic mass is 35.5. The van der Waals surface area contributed by atoms with Crippen LogP contribution in [-0.2, 0) is 6.18 Å². The number of nitrogens with one attached hydrogen (secondary N) is 2. The van der Waals surface area contributed by atoms with E-state index in [2.05, 4.69) is 15.6 Å². The van der Waals surface area contributed by atoms with Crippen LogP contribution >= 0.6 is 11.6 Å². The van der Waals surface area contributed by atoms with Gasteiger partial charge in [0, 0.05) is 13.2 Å². The maximum atomic E-state index is 12.9. The number of carbonyl (C=O) groups excluding carboxylic acids is 2. The van der Waals surface area contributed by atoms with Crippen molar-refractivity contribution < 1.29 is 27.5 Å². The summed E-state index contributed by atoms with van der Waals surface area (Å²) in [4.78, 5) is 28.1. The molecule has 2 N–H and O–H groups in total. The normalized spacial score (nSPS) is 11.0. The molecule has 2 aromatic rings. The lowest BCUT2D eigenvalue weighted by molar-refractivity contribution is -0.137. The molecule has 0 radical (unpaired) electrons. The molecule has 1 aromatic carbocycles. The number of hydrogen-bond donors (Lipinski definition) is 2. The quantitative estimate of drug-likeness (QED) is 0.788. The van der Waals surface area contributed by atoms with Gasteiger partial charge in [-0.15, -0.1) is 0 Å². The predicted octanol–water partition coefficient (Wildman–Crippen LogP) is 3.37. The first-order valence-electron chi connectivity index (χ1n) is 7.11. The summed E-state index contributed by atoms with van der Waals surface area (Å²) in [5, 5.41) is 4.71. The fraction of sp³-hybridized carbons (Fsp3) is 0.188. The zero-order valence-corrected chi connectivity index (χ0v) is 14.3. The van der Waals surface area contributed by atoms with Gasteiger partial charge < -0.3 is 15.4 Å². The molecule has 1 aromatic heterocycles. The zero-order valence-electron chi connectivity index (χ0n) is 13.6. The van der Waals surface area contributed by atoms with Gasteiger partial charge in [0.2, 0.25) is 0 Å². The van der Waals surface area contributed by atoms with Gasteiger partial charge in [-0.1, -0.05) is 11.6 Å². The van der Waals surface area contributed by atoms with Gasteiger partial charge in [0.25, 0.3) is 11.8 Å². The number of ether oxygens (including phenoxy) is 1. The number of halogens is 4. The van der Waals surface area contributed by atoms with Crippen molar-refractivity contribution in [3.8, 4) is 5.75 Å². The van der Waals surface area contributed by atoms with E-state index in [1.54, 1.807) is 0 Å². The van der Waals surface area contributed by atoms with Gasteiger partial charge >= 0.3 is 6.18 Å². The van der Waals surface area contributed by atoms with Gasteiger partial charge in [0.1, 0.15) is 10.9 Å². The van der Waals surface area contributed by atoms with Crippen molar-refractivity contribution in [2.75, 3.05) is 19.5 Å². The average Bonchev–Trinajstić information content (AvgIpc) is 2.59. The van der Waals surface area contributed by atoms with Crippen LogP contribution < -0.4 is 15.4 Å². The van der Waals surface area contributed by atoms with Gasteiger partial charge in [0.15, 0.2) is 0 Å². The van der Waals surface area contributed by atoms with Gasteiger partial charge in [-0.2, -0.15) is 13.2 Å². The molecule has 1 heterocycles. The maximum Gasteiger partial charge on any atom is 0.416 e. The number of nitrogens with zero attached hydrogens (tertiary/aromatic N) is 1. The molecule has 0 saturated heterocycles. The lowest BCUT2D eigenvalue weighted by Gasteiger charge is -2.14. The second-order valence-corrected chi connectivity index (χ2v) is 5.39. The number of benzene rings is 1. The summed E-state index contributed by atoms with van der Waals surface area (Å²) < 4.78 is 43.7. The summed E-state index contributed by atoms with van der Waals surface area (Å²) in [7, 11) is 2.59. The Morgan fingerprint density at radius 3 is 2.42 bits per heavy atom. The molecular formula is C16H13ClF3N3O3. The van der Waals surface area contributed by atoms with Crippen LogP contribution in [0.2, 0.25) is 5.15 Å². The number of aromatic nitrogens is 1. The minimum atomic E-state index is -4.63. The second-order valence-electron chi connectivity index (χ2n) is 5.00. The first kappa shape index (κ1) is 19.5. The molecule has 0 atom stereocenters. The SMILES string of the molecule is CNC(=O)c1cnc(Cl)cc1NC(=O)c1cc(C(F)(F)F)ccc1OC. The van der Waals surface area contributed by atoms with Gasteiger partial charge in [0.05, 0.1) is 29.5 Å². The zero-order chi connectivity index (χ0) is 19.5. The molecule has 10 heteroatoms. The summed E-state index contributed by atoms with van der Waals surface area (Å²) in [6.45, 7) is 0. The fourth-order valence-electron chi connectivity index (χ4n) is 2.10. The molecule has 2 rings (SSSR count). The van der Waals surface area contributed by atoms with Crippen molar-refractivity contribution >= 4 is 29.1 Å². The smallest absolute Gasteiger partial charge is 0.416 e. The number of carbonyl (C=O) groups is 2. The van der Waals surface area contributed by atoms with E-state index in [1.165, 1.54) is 20.2 Å². The number of amides is 2. The van der Waals surface area contributed by atoms with Crippen LogP contribution in [0.15, 0.2) is 30.5 Å². The molecule has 26 heavy (non-hydrogen) atoms. The minimum Gasteiger partial charge on any atom is -0.496 e. The Morgan fingerprint density at radius 2 is 1.85 bits per heavy atom. The first-order valence-corrected chi connectivity index (χ1v) is 7.49. The number of anilines is 1. The molecule has 2 amide bonds. The Bertz CT molecular complexity index is 856. The predicted molar refractivity (Wildman–Crippen MR) is 88.6 cm³/mol. The van der Waals surface area contributed by atoms with E-state index in [1.807, 2.05) is 0 Å². The molecule has 0 unspecified atom stereocenters. The second kappa shape index (κ2) is 7.61. The Morgan fingerprint density at radius 1 is 1.15 bits per heavy atom. The molecule has 138 valence electrons. The van der Waals surface area contributed by atoms with E-state index in [0.29, 0.717) is 6.07 Å². The summed E-state index contributed by atoms with van der Waals surface area (Å²) in [5.41, 5.74) is -1.37. The Hall–Kier alpha value is -2.81. The van der Waals surface area contributed by atoms with Crippen molar-refractivity contribution in [1.29, 1.82) is 0 Å². The highest BCUT2D eigenvalue weighted by Crippen LogP contribution is 2.33. The largest absolute Gasteiger partial charge is 0.496 e. The molecule has 0 saturated carbocycles. The third kappa shape index (κ3) is 4.23. The van der Waals surface area contributed by atoms with Crippen molar-refractivity contribution in [1.82, 2.24) is 10.3 Å². The van der Waals surface area contributed by atoms with E-state index in [0.717, 1.165) is 18.3 Å². The fourth-order valence-corrected chi connectivity index (χ4v) is 2.26. The van der Waals surface area contributed by atoms with Gasteiger partial charge in [-0.25, -0.2) is 4.98 Å². The van der Waals surface area contributed by atoms with Crippen LogP contribution in [0.4, 0.5) is 18.9 Å². The lowest BCUT2D eigenvalue weighted by atomic mass is 10.1. The molecule has 0 fully saturated rings. The number of methoxy groups -OCH3 is 1. The highest BCUT2D eigenvalue weighted by Gasteiger charge is 2.32. The standard InChI is InChI=1S/C16H13ClF3N3O3/c1-21-14(24)10-7-22-13(17)6-11(10)23-15(25)9-5-8(16(18,19)20)3-4-12(9)26-2/h3-7H,1-2H3,(H,21,24)(H,22,23,25). The topological polar surface area (TPSA) is 80.3 Å². The van der Waals surface area contributed by atoms with Crippen LogP contribution in [0.5, 0.6) is 5.75 Å². The first-order chi connectivity index (χ1) is 12.2. The summed E-state index contributed by atoms with van der Waals surface area (Å²) >= 11 is 5.77. The van der Waals surface area contributed by atoms with Crippen LogP contribution in [-0.4, -0.2) is 31.0 Å². The van der Waals surface area contributed by atoms with E-state index >= 15 is 0 Å². The van der Waals surface area contributed by atoms with Crippen molar-refractivity contribution in [3.63, 3.8) is 0 Å². The van der Waals surface area contributed by atoms with Gasteiger partial charge in [-0.05, 0) is 24.3 Å². The molecule has 0 bridgehead atoms. The van der Waals surface area contributed by atoms with Crippen LogP contribution in [0, 0.1) is 0 Å². The van der Waals surface area contributed by atoms with Crippen LogP contribution in [0.3, 0.4) is 0 Å². The number of pyridine rings is 1. The third-order valence-corrected chi connectivity index (χ3v) is 3.57. The van der Waals surface area contributed by atoms with E-state index in [4.69, 9.17) is 16.3 Å². The maximum absolute atomic E-state index is 12.9. The van der Waals surface area contributed by atoms with E-state index < -0.39 is 23.6 Å². The Labute approximate surface area is 151 Å². The summed E-state index contributed by atoms with van der Waals surface area (Å²) in [5.74, 6) is -1.52. The molecule has 0 spiro atoms. The summed E-state index contributed by atoms with van der Waals surface area (Å²) in [6.07, 6.45) is -3.49. The number of hydrogen-bond acceptors (Lipinski definition) is 4. The number of rotatable bonds is 4. The van der Waals surface area contributed by atoms with E-state index in [9.17, 15) is 22.8 Å². The van der Waals surface area contributed by atoms with E-state index in [-0.39, 0.29) is 27.7 Å². The van der Waals surface area contributed by atoms with Crippen molar-refractivity contribution in [2.45, 2.75) is 6.18 Å². The molecular weight excluding hydrogens is 375 g/mol. The molecule has 0 aliphatic carbocycles. The number of alkyl halides is 3. The van der Waals surface area contributed by atoms with Crippen LogP contribution in [0.1, 0.15) is 26.3 Å². The monoisotopic (exact) mass is 387 g/mol. The Kier molecular flexibility index (Phi) is 5.71. The highest BCUT2D eigenvalue weighted by molar-refractivity contribution is 6.30. The van der Waals surface area contributed by atoms with Crippen molar-refractivity contribution in [2.24, 2.45) is 0 Å². The molecule has 6 nitrogen and oxygen atoms in total. The third-order valence-electron chi connectivity index (χ3n) is 3.36. The average molecular weight is 388 g/mol. The molecule has 0 aliphatic heterocycles. The Balaban J connectivity index is 2.45. The summed E-state index contributed by atoms with van der Waals surface area (Å²) in [6, 6.07) is 3.71. The van der Waals surface area contributed by atoms with Crippen molar-refractivity contribution in [3.05, 3.63) is 52.3 Å². The lowest BCUT2D eigenvalue weighted by Crippen LogP contribution is -2.22.